The van der Waals surface area contributed by atoms with E-state index >= 15 is 0 Å². The molecule has 0 spiro atoms. The molecule has 3 atom stereocenters. The molecule has 1 aliphatic carbocycles. The second kappa shape index (κ2) is 5.61. The Labute approximate surface area is 110 Å². The molecule has 0 aromatic rings. The Kier molecular flexibility index (Phi) is 6.17. The normalized spacial score (nSPS) is 42.1. The Balaban J connectivity index is 2.33. The summed E-state index contributed by atoms with van der Waals surface area (Å²) in [4.78, 5) is 0. The molecule has 0 bridgehead atoms. The van der Waals surface area contributed by atoms with Gasteiger partial charge in [0.2, 0.25) is 0 Å². The molecule has 0 amide bonds. The van der Waals surface area contributed by atoms with Gasteiger partial charge < -0.3 is 0 Å². The maximum atomic E-state index is 2.63. The van der Waals surface area contributed by atoms with Crippen LogP contribution in [0.4, 0.5) is 0 Å². The summed E-state index contributed by atoms with van der Waals surface area (Å²) in [6.45, 7) is 0. The van der Waals surface area contributed by atoms with Crippen molar-refractivity contribution in [1.29, 1.82) is 0 Å². The van der Waals surface area contributed by atoms with Gasteiger partial charge in [0.1, 0.15) is 0 Å². The van der Waals surface area contributed by atoms with Crippen LogP contribution in [-0.4, -0.2) is 11.8 Å². The molecule has 0 aromatic heterocycles. The van der Waals surface area contributed by atoms with Gasteiger partial charge in [-0.1, -0.05) is 0 Å². The van der Waals surface area contributed by atoms with E-state index in [1.54, 1.807) is 0 Å². The minimum atomic E-state index is 0.502. The van der Waals surface area contributed by atoms with Gasteiger partial charge in [-0.25, -0.2) is 0 Å². The van der Waals surface area contributed by atoms with E-state index in [1.807, 2.05) is 0 Å². The van der Waals surface area contributed by atoms with E-state index in [1.165, 1.54) is 19.3 Å². The molecule has 62 valence electrons. The average molecular weight is 589 g/mol. The fourth-order valence-corrected chi connectivity index (χ4v) is 7.91. The summed E-state index contributed by atoms with van der Waals surface area (Å²) < 4.78 is 3.06. The first-order valence-electron chi connectivity index (χ1n) is 3.26. The molecule has 0 heterocycles. The second-order valence-corrected chi connectivity index (χ2v) is 11.1. The SMILES string of the molecule is I[I-]C1CCC(I)C(I)C1. The number of rotatable bonds is 1. The van der Waals surface area contributed by atoms with Gasteiger partial charge in [0.25, 0.3) is 0 Å². The summed E-state index contributed by atoms with van der Waals surface area (Å²) in [5, 5.41) is 0. The molecule has 0 radical (unpaired) electrons. The van der Waals surface area contributed by atoms with E-state index in [9.17, 15) is 0 Å². The third kappa shape index (κ3) is 3.35. The first-order valence-corrected chi connectivity index (χ1v) is 13.3. The third-order valence-corrected chi connectivity index (χ3v) is 12.3. The number of hydrogen-bond acceptors (Lipinski definition) is 0. The summed E-state index contributed by atoms with van der Waals surface area (Å²) >= 11 is 8.37. The van der Waals surface area contributed by atoms with Crippen LogP contribution in [0.2, 0.25) is 0 Å². The quantitative estimate of drug-likeness (QED) is 0.311. The van der Waals surface area contributed by atoms with E-state index in [2.05, 4.69) is 63.8 Å². The average Bonchev–Trinajstić information content (AvgIpc) is 1.95. The zero-order valence-electron chi connectivity index (χ0n) is 5.37. The van der Waals surface area contributed by atoms with Crippen molar-refractivity contribution in [2.45, 2.75) is 31.0 Å². The summed E-state index contributed by atoms with van der Waals surface area (Å²) in [6, 6.07) is 0. The van der Waals surface area contributed by atoms with Crippen LogP contribution in [0, 0.1) is 0 Å². The molecule has 4 heteroatoms. The van der Waals surface area contributed by atoms with Crippen molar-refractivity contribution in [3.05, 3.63) is 0 Å². The van der Waals surface area contributed by atoms with Gasteiger partial charge in [-0.05, 0) is 0 Å². The molecule has 1 saturated carbocycles. The molecule has 0 aromatic carbocycles. The second-order valence-electron chi connectivity index (χ2n) is 2.52. The van der Waals surface area contributed by atoms with Crippen molar-refractivity contribution in [2.75, 3.05) is 0 Å². The first kappa shape index (κ1) is 11.0. The molecule has 1 fully saturated rings. The van der Waals surface area contributed by atoms with Crippen molar-refractivity contribution < 1.29 is 17.2 Å². The third-order valence-electron chi connectivity index (χ3n) is 1.75. The van der Waals surface area contributed by atoms with Crippen molar-refractivity contribution in [3.8, 4) is 0 Å². The van der Waals surface area contributed by atoms with Gasteiger partial charge in [-0.2, -0.15) is 0 Å². The van der Waals surface area contributed by atoms with Crippen LogP contribution in [0.15, 0.2) is 0 Å². The Hall–Kier alpha value is 2.92. The summed E-state index contributed by atoms with van der Waals surface area (Å²) in [6.07, 6.45) is 4.50. The van der Waals surface area contributed by atoms with Crippen molar-refractivity contribution in [3.63, 3.8) is 0 Å². The van der Waals surface area contributed by atoms with Crippen molar-refractivity contribution in [1.82, 2.24) is 0 Å². The van der Waals surface area contributed by atoms with Crippen LogP contribution in [0.3, 0.4) is 0 Å². The van der Waals surface area contributed by atoms with Crippen LogP contribution in [0.1, 0.15) is 19.3 Å². The van der Waals surface area contributed by atoms with Crippen LogP contribution >= 0.6 is 63.8 Å². The summed E-state index contributed by atoms with van der Waals surface area (Å²) in [7, 11) is 0. The fraction of sp³-hybridized carbons (Fsp3) is 1.00. The van der Waals surface area contributed by atoms with Gasteiger partial charge >= 0.3 is 112 Å². The van der Waals surface area contributed by atoms with Crippen LogP contribution < -0.4 is 17.2 Å². The van der Waals surface area contributed by atoms with Crippen molar-refractivity contribution >= 4 is 63.8 Å². The Bertz CT molecular complexity index is 106. The number of halogens is 4. The molecular weight excluding hydrogens is 580 g/mol. The Morgan fingerprint density at radius 1 is 1.10 bits per heavy atom. The number of alkyl halides is 3. The summed E-state index contributed by atoms with van der Waals surface area (Å²) in [5.41, 5.74) is 0. The zero-order chi connectivity index (χ0) is 7.56. The Morgan fingerprint density at radius 3 is 2.30 bits per heavy atom. The fourth-order valence-electron chi connectivity index (χ4n) is 1.11. The van der Waals surface area contributed by atoms with Crippen LogP contribution in [0.25, 0.3) is 0 Å². The molecule has 0 N–H and O–H groups in total. The monoisotopic (exact) mass is 589 g/mol. The van der Waals surface area contributed by atoms with Crippen LogP contribution in [0.5, 0.6) is 0 Å². The molecular formula is C6H9I4-. The molecule has 0 aliphatic heterocycles. The van der Waals surface area contributed by atoms with Crippen LogP contribution in [-0.2, 0) is 0 Å². The topological polar surface area (TPSA) is 0 Å². The van der Waals surface area contributed by atoms with E-state index in [0.717, 1.165) is 11.8 Å². The minimum absolute atomic E-state index is 0.502. The Morgan fingerprint density at radius 2 is 1.80 bits per heavy atom. The maximum absolute atomic E-state index is 2.63. The molecule has 3 unspecified atom stereocenters. The molecule has 1 rings (SSSR count). The summed E-state index contributed by atoms with van der Waals surface area (Å²) in [5.74, 6) is 0. The van der Waals surface area contributed by atoms with Gasteiger partial charge in [0.15, 0.2) is 0 Å². The van der Waals surface area contributed by atoms with E-state index in [0.29, 0.717) is 17.2 Å². The molecule has 1 aliphatic rings. The van der Waals surface area contributed by atoms with E-state index in [4.69, 9.17) is 0 Å². The van der Waals surface area contributed by atoms with Gasteiger partial charge in [0, 0.05) is 0 Å². The first-order chi connectivity index (χ1) is 4.74. The van der Waals surface area contributed by atoms with Gasteiger partial charge in [-0.15, -0.1) is 0 Å². The van der Waals surface area contributed by atoms with E-state index in [-0.39, 0.29) is 0 Å². The van der Waals surface area contributed by atoms with Gasteiger partial charge in [-0.3, -0.25) is 0 Å². The predicted octanol–water partition coefficient (Wildman–Crippen LogP) is 0.585. The zero-order valence-corrected chi connectivity index (χ0v) is 14.0. The molecule has 0 saturated heterocycles. The van der Waals surface area contributed by atoms with E-state index < -0.39 is 0 Å². The standard InChI is InChI=1S/C6H9I4/c7-5-2-1-4(10-9)3-6(5)8/h4-6H,1-3H2/q-1. The number of hydrogen-bond donors (Lipinski definition) is 0. The van der Waals surface area contributed by atoms with Gasteiger partial charge in [0.05, 0.1) is 0 Å². The molecule has 0 nitrogen and oxygen atoms in total. The molecule has 10 heavy (non-hydrogen) atoms. The van der Waals surface area contributed by atoms with Crippen molar-refractivity contribution in [2.24, 2.45) is 0 Å². The predicted molar refractivity (Wildman–Crippen MR) is 67.3 cm³/mol.